The summed E-state index contributed by atoms with van der Waals surface area (Å²) < 4.78 is 18.8. The molecule has 2 aromatic carbocycles. The minimum atomic E-state index is -0.678. The fourth-order valence-electron chi connectivity index (χ4n) is 3.37. The predicted molar refractivity (Wildman–Crippen MR) is 110 cm³/mol. The van der Waals surface area contributed by atoms with Crippen LogP contribution in [0.2, 0.25) is 0 Å². The van der Waals surface area contributed by atoms with Crippen LogP contribution >= 0.6 is 0 Å². The zero-order valence-electron chi connectivity index (χ0n) is 16.6. The molecule has 1 aromatic heterocycles. The highest BCUT2D eigenvalue weighted by molar-refractivity contribution is 6.04. The fraction of sp³-hybridized carbons (Fsp3) is 0.261. The van der Waals surface area contributed by atoms with Gasteiger partial charge in [-0.3, -0.25) is 4.79 Å². The van der Waals surface area contributed by atoms with Crippen molar-refractivity contribution >= 4 is 11.6 Å². The van der Waals surface area contributed by atoms with Crippen LogP contribution in [0.5, 0.6) is 0 Å². The average Bonchev–Trinajstić information content (AvgIpc) is 3.44. The van der Waals surface area contributed by atoms with E-state index in [9.17, 15) is 9.18 Å². The van der Waals surface area contributed by atoms with Gasteiger partial charge in [-0.25, -0.2) is 4.39 Å². The molecule has 6 nitrogen and oxygen atoms in total. The number of amides is 1. The molecule has 1 amide bonds. The maximum atomic E-state index is 13.4. The summed E-state index contributed by atoms with van der Waals surface area (Å²) in [7, 11) is 1.74. The molecule has 2 heterocycles. The van der Waals surface area contributed by atoms with Gasteiger partial charge in [0.2, 0.25) is 6.10 Å². The lowest BCUT2D eigenvalue weighted by Crippen LogP contribution is -2.37. The van der Waals surface area contributed by atoms with E-state index >= 15 is 0 Å². The predicted octanol–water partition coefficient (Wildman–Crippen LogP) is 4.06. The third-order valence-corrected chi connectivity index (χ3v) is 5.02. The maximum Gasteiger partial charge on any atom is 0.266 e. The molecule has 1 unspecified atom stereocenters. The number of benzene rings is 2. The lowest BCUT2D eigenvalue weighted by molar-refractivity contribution is -0.140. The average molecular weight is 407 g/mol. The van der Waals surface area contributed by atoms with Crippen molar-refractivity contribution in [1.82, 2.24) is 10.1 Å². The van der Waals surface area contributed by atoms with Gasteiger partial charge in [0, 0.05) is 43.6 Å². The Morgan fingerprint density at radius 3 is 2.73 bits per heavy atom. The van der Waals surface area contributed by atoms with Gasteiger partial charge in [-0.15, -0.1) is 0 Å². The van der Waals surface area contributed by atoms with Crippen LogP contribution in [0.3, 0.4) is 0 Å². The van der Waals surface area contributed by atoms with E-state index in [1.54, 1.807) is 24.1 Å². The Labute approximate surface area is 173 Å². The SMILES string of the molecule is CN(CCCc1cc(-c2ccccc2)no1)C(=O)C1CC(c2cccc(F)c2)=NO1. The number of carbonyl (C=O) groups is 1. The molecule has 0 aliphatic carbocycles. The van der Waals surface area contributed by atoms with Gasteiger partial charge in [0.25, 0.3) is 5.91 Å². The Morgan fingerprint density at radius 1 is 1.13 bits per heavy atom. The highest BCUT2D eigenvalue weighted by Gasteiger charge is 2.31. The molecule has 30 heavy (non-hydrogen) atoms. The monoisotopic (exact) mass is 407 g/mol. The molecule has 0 saturated heterocycles. The van der Waals surface area contributed by atoms with Crippen molar-refractivity contribution in [3.05, 3.63) is 77.8 Å². The number of carbonyl (C=O) groups excluding carboxylic acids is 1. The van der Waals surface area contributed by atoms with E-state index in [4.69, 9.17) is 9.36 Å². The van der Waals surface area contributed by atoms with Crippen molar-refractivity contribution in [3.8, 4) is 11.3 Å². The second-order valence-corrected chi connectivity index (χ2v) is 7.25. The Bertz CT molecular complexity index is 1050. The summed E-state index contributed by atoms with van der Waals surface area (Å²) in [5, 5.41) is 8.08. The molecule has 0 saturated carbocycles. The van der Waals surface area contributed by atoms with Crippen molar-refractivity contribution < 1.29 is 18.5 Å². The van der Waals surface area contributed by atoms with Gasteiger partial charge < -0.3 is 14.3 Å². The summed E-state index contributed by atoms with van der Waals surface area (Å²) in [6.07, 6.45) is 1.06. The van der Waals surface area contributed by atoms with Crippen molar-refractivity contribution in [1.29, 1.82) is 0 Å². The molecular formula is C23H22FN3O3. The molecule has 4 rings (SSSR count). The second-order valence-electron chi connectivity index (χ2n) is 7.25. The molecule has 1 aliphatic rings. The van der Waals surface area contributed by atoms with Crippen LogP contribution in [-0.4, -0.2) is 41.4 Å². The Kier molecular flexibility index (Phi) is 5.88. The fourth-order valence-corrected chi connectivity index (χ4v) is 3.37. The lowest BCUT2D eigenvalue weighted by Gasteiger charge is -2.19. The van der Waals surface area contributed by atoms with E-state index < -0.39 is 6.10 Å². The molecule has 0 bridgehead atoms. The van der Waals surface area contributed by atoms with Crippen molar-refractivity contribution in [2.75, 3.05) is 13.6 Å². The Hall–Kier alpha value is -3.48. The summed E-state index contributed by atoms with van der Waals surface area (Å²) >= 11 is 0. The third kappa shape index (κ3) is 4.56. The van der Waals surface area contributed by atoms with Gasteiger partial charge in [-0.05, 0) is 18.6 Å². The number of hydrogen-bond acceptors (Lipinski definition) is 5. The molecule has 7 heteroatoms. The lowest BCUT2D eigenvalue weighted by atomic mass is 10.0. The number of rotatable bonds is 7. The minimum absolute atomic E-state index is 0.146. The molecule has 154 valence electrons. The van der Waals surface area contributed by atoms with Gasteiger partial charge in [-0.1, -0.05) is 52.8 Å². The molecule has 1 atom stereocenters. The molecule has 0 spiro atoms. The standard InChI is InChI=1S/C23H22FN3O3/c1-27(12-6-11-19-14-20(25-29-19)16-7-3-2-4-8-16)23(28)22-15-21(26-30-22)17-9-5-10-18(24)13-17/h2-5,7-10,13-14,22H,6,11-12,15H2,1H3. The van der Waals surface area contributed by atoms with Gasteiger partial charge in [0.15, 0.2) is 0 Å². The largest absolute Gasteiger partial charge is 0.382 e. The zero-order chi connectivity index (χ0) is 20.9. The van der Waals surface area contributed by atoms with Crippen LogP contribution in [0.1, 0.15) is 24.2 Å². The highest BCUT2D eigenvalue weighted by atomic mass is 19.1. The van der Waals surface area contributed by atoms with Gasteiger partial charge in [-0.2, -0.15) is 0 Å². The van der Waals surface area contributed by atoms with Crippen molar-refractivity contribution in [3.63, 3.8) is 0 Å². The summed E-state index contributed by atoms with van der Waals surface area (Å²) in [4.78, 5) is 19.6. The van der Waals surface area contributed by atoms with Gasteiger partial charge in [0.1, 0.15) is 17.3 Å². The van der Waals surface area contributed by atoms with E-state index in [-0.39, 0.29) is 11.7 Å². The quantitative estimate of drug-likeness (QED) is 0.592. The molecule has 0 N–H and O–H groups in total. The smallest absolute Gasteiger partial charge is 0.266 e. The van der Waals surface area contributed by atoms with Crippen LogP contribution in [0.25, 0.3) is 11.3 Å². The van der Waals surface area contributed by atoms with Gasteiger partial charge >= 0.3 is 0 Å². The van der Waals surface area contributed by atoms with Crippen LogP contribution in [0.4, 0.5) is 4.39 Å². The number of oxime groups is 1. The van der Waals surface area contributed by atoms with E-state index in [2.05, 4.69) is 10.3 Å². The van der Waals surface area contributed by atoms with Crippen LogP contribution in [0.15, 0.2) is 70.3 Å². The summed E-state index contributed by atoms with van der Waals surface area (Å²) in [6.45, 7) is 0.551. The van der Waals surface area contributed by atoms with Crippen molar-refractivity contribution in [2.45, 2.75) is 25.4 Å². The van der Waals surface area contributed by atoms with Crippen LogP contribution < -0.4 is 0 Å². The first-order chi connectivity index (χ1) is 14.6. The summed E-state index contributed by atoms with van der Waals surface area (Å²) in [5.74, 6) is 0.293. The van der Waals surface area contributed by atoms with Crippen LogP contribution in [-0.2, 0) is 16.1 Å². The Morgan fingerprint density at radius 2 is 1.93 bits per heavy atom. The van der Waals surface area contributed by atoms with E-state index in [0.717, 1.165) is 23.4 Å². The summed E-state index contributed by atoms with van der Waals surface area (Å²) in [6, 6.07) is 17.9. The molecule has 3 aromatic rings. The first-order valence-corrected chi connectivity index (χ1v) is 9.85. The second kappa shape index (κ2) is 8.90. The number of likely N-dealkylation sites (N-methyl/N-ethyl adjacent to an activating group) is 1. The number of nitrogens with zero attached hydrogens (tertiary/aromatic N) is 3. The van der Waals surface area contributed by atoms with Crippen LogP contribution in [0, 0.1) is 5.82 Å². The molecular weight excluding hydrogens is 385 g/mol. The number of halogens is 1. The van der Waals surface area contributed by atoms with Crippen molar-refractivity contribution in [2.24, 2.45) is 5.16 Å². The molecule has 0 radical (unpaired) electrons. The number of hydrogen-bond donors (Lipinski definition) is 0. The summed E-state index contributed by atoms with van der Waals surface area (Å²) in [5.41, 5.74) is 3.02. The zero-order valence-corrected chi connectivity index (χ0v) is 16.6. The van der Waals surface area contributed by atoms with E-state index in [0.29, 0.717) is 30.7 Å². The number of aromatic nitrogens is 1. The molecule has 1 aliphatic heterocycles. The first kappa shape index (κ1) is 19.8. The first-order valence-electron chi connectivity index (χ1n) is 9.85. The number of aryl methyl sites for hydroxylation is 1. The van der Waals surface area contributed by atoms with E-state index in [1.165, 1.54) is 12.1 Å². The normalized spacial score (nSPS) is 15.5. The highest BCUT2D eigenvalue weighted by Crippen LogP contribution is 2.21. The topological polar surface area (TPSA) is 67.9 Å². The third-order valence-electron chi connectivity index (χ3n) is 5.02. The minimum Gasteiger partial charge on any atom is -0.382 e. The maximum absolute atomic E-state index is 13.4. The molecule has 0 fully saturated rings. The van der Waals surface area contributed by atoms with E-state index in [1.807, 2.05) is 36.4 Å². The Balaban J connectivity index is 1.25. The van der Waals surface area contributed by atoms with Gasteiger partial charge in [0.05, 0.1) is 5.71 Å².